The van der Waals surface area contributed by atoms with Gasteiger partial charge in [-0.15, -0.1) is 0 Å². The Labute approximate surface area is 522 Å². The van der Waals surface area contributed by atoms with Crippen molar-refractivity contribution in [2.24, 2.45) is 21.1 Å². The molecule has 0 aliphatic rings. The highest BCUT2D eigenvalue weighted by Crippen LogP contribution is 2.39. The molecule has 0 saturated heterocycles. The van der Waals surface area contributed by atoms with Crippen LogP contribution in [0.4, 0.5) is 22.7 Å². The number of aromatic nitrogens is 12. The molecule has 90 heavy (non-hydrogen) atoms. The number of aryl methyl sites for hydroxylation is 3. The smallest absolute Gasteiger partial charge is 0.192 e. The van der Waals surface area contributed by atoms with E-state index in [0.29, 0.717) is 22.9 Å². The fourth-order valence-corrected chi connectivity index (χ4v) is 12.4. The Kier molecular flexibility index (Phi) is 15.6. The van der Waals surface area contributed by atoms with Gasteiger partial charge in [-0.3, -0.25) is 34.9 Å². The number of benzene rings is 6. The van der Waals surface area contributed by atoms with E-state index in [4.69, 9.17) is 11.6 Å². The first kappa shape index (κ1) is 58.2. The predicted molar refractivity (Wildman–Crippen MR) is 357 cm³/mol. The number of fused-ring (bicyclic) bond motifs is 6. The van der Waals surface area contributed by atoms with Crippen molar-refractivity contribution in [3.05, 3.63) is 237 Å². The lowest BCUT2D eigenvalue weighted by Crippen LogP contribution is -2.17. The van der Waals surface area contributed by atoms with Crippen LogP contribution in [0.5, 0.6) is 0 Å². The van der Waals surface area contributed by atoms with Gasteiger partial charge >= 0.3 is 0 Å². The summed E-state index contributed by atoms with van der Waals surface area (Å²) in [5.41, 5.74) is 18.1. The van der Waals surface area contributed by atoms with Gasteiger partial charge in [0, 0.05) is 182 Å². The zero-order valence-electron chi connectivity index (χ0n) is 49.2. The summed E-state index contributed by atoms with van der Waals surface area (Å²) in [7, 11) is -0.803. The van der Waals surface area contributed by atoms with E-state index in [2.05, 4.69) is 149 Å². The molecule has 15 aromatic rings. The molecule has 0 aliphatic heterocycles. The fourth-order valence-electron chi connectivity index (χ4n) is 11.0. The predicted octanol–water partition coefficient (Wildman–Crippen LogP) is 14.1. The Hall–Kier alpha value is -10.8. The second-order valence-electron chi connectivity index (χ2n) is 21.7. The molecular formula is C69H55ClN14O4S2. The molecule has 9 aromatic heterocycles. The lowest BCUT2D eigenvalue weighted by molar-refractivity contribution is 0.596. The molecule has 9 heterocycles. The third kappa shape index (κ3) is 12.1. The minimum absolute atomic E-state index is 0.0150. The van der Waals surface area contributed by atoms with Crippen molar-refractivity contribution < 1.29 is 16.8 Å². The van der Waals surface area contributed by atoms with Crippen LogP contribution < -0.4 is 10.2 Å². The summed E-state index contributed by atoms with van der Waals surface area (Å²) in [6, 6.07) is 47.6. The van der Waals surface area contributed by atoms with E-state index >= 15 is 0 Å². The molecule has 0 radical (unpaired) electrons. The number of sulfone groups is 2. The van der Waals surface area contributed by atoms with Gasteiger partial charge in [0.05, 0.1) is 33.1 Å². The maximum absolute atomic E-state index is 12.3. The summed E-state index contributed by atoms with van der Waals surface area (Å²) in [4.78, 5) is 41.5. The average Bonchev–Trinajstić information content (AvgIpc) is 1.22. The summed E-state index contributed by atoms with van der Waals surface area (Å²) in [5, 5.41) is 7.54. The first-order valence-electron chi connectivity index (χ1n) is 28.3. The van der Waals surface area contributed by atoms with Crippen LogP contribution in [0, 0.1) is 0 Å². The maximum atomic E-state index is 12.3. The first-order valence-corrected chi connectivity index (χ1v) is 32.5. The molecule has 21 heteroatoms. The summed E-state index contributed by atoms with van der Waals surface area (Å²) >= 11 is 6.23. The van der Waals surface area contributed by atoms with Crippen LogP contribution in [0.1, 0.15) is 5.56 Å². The second kappa shape index (κ2) is 24.1. The van der Waals surface area contributed by atoms with E-state index in [9.17, 15) is 16.8 Å². The third-order valence-electron chi connectivity index (χ3n) is 15.5. The van der Waals surface area contributed by atoms with Gasteiger partial charge in [0.15, 0.2) is 29.7 Å². The lowest BCUT2D eigenvalue weighted by Gasteiger charge is -2.26. The van der Waals surface area contributed by atoms with Crippen LogP contribution in [-0.2, 0) is 47.4 Å². The van der Waals surface area contributed by atoms with Crippen LogP contribution in [0.2, 0.25) is 5.02 Å². The number of anilines is 4. The molecule has 0 aliphatic carbocycles. The highest BCUT2D eigenvalue weighted by molar-refractivity contribution is 7.90. The molecular weight excluding hydrogens is 1190 g/mol. The molecule has 0 atom stereocenters. The zero-order valence-corrected chi connectivity index (χ0v) is 51.6. The Morgan fingerprint density at radius 2 is 0.911 bits per heavy atom. The number of nitrogens with one attached hydrogen (secondary N) is 1. The van der Waals surface area contributed by atoms with E-state index in [-0.39, 0.29) is 10.1 Å². The van der Waals surface area contributed by atoms with Crippen molar-refractivity contribution in [2.75, 3.05) is 22.7 Å². The molecule has 0 unspecified atom stereocenters. The van der Waals surface area contributed by atoms with Gasteiger partial charge in [-0.1, -0.05) is 54.1 Å². The van der Waals surface area contributed by atoms with Gasteiger partial charge in [0.25, 0.3) is 0 Å². The first-order chi connectivity index (χ1) is 43.5. The number of halogens is 1. The third-order valence-corrected chi connectivity index (χ3v) is 17.6. The Balaban J connectivity index is 0.000000129. The molecule has 444 valence electrons. The van der Waals surface area contributed by atoms with Crippen LogP contribution >= 0.6 is 11.6 Å². The van der Waals surface area contributed by atoms with E-state index in [1.807, 2.05) is 87.0 Å². The molecule has 6 aromatic carbocycles. The Bertz CT molecular complexity index is 5490. The zero-order chi connectivity index (χ0) is 62.3. The fraction of sp³-hybridized carbons (Fsp3) is 0.0870. The summed E-state index contributed by atoms with van der Waals surface area (Å²) in [6.45, 7) is 0.461. The average molecular weight is 1240 g/mol. The summed E-state index contributed by atoms with van der Waals surface area (Å²) < 4.78 is 54.6. The number of rotatable bonds is 11. The quantitative estimate of drug-likeness (QED) is 0.127. The van der Waals surface area contributed by atoms with Gasteiger partial charge in [-0.25, -0.2) is 26.8 Å². The summed E-state index contributed by atoms with van der Waals surface area (Å²) in [5.74, 6) is 0. The number of hydrogen-bond acceptors (Lipinski definition) is 15. The van der Waals surface area contributed by atoms with Gasteiger partial charge in [0.1, 0.15) is 0 Å². The van der Waals surface area contributed by atoms with E-state index in [1.165, 1.54) is 34.7 Å². The highest BCUT2D eigenvalue weighted by atomic mass is 35.5. The molecule has 15 rings (SSSR count). The van der Waals surface area contributed by atoms with Crippen molar-refractivity contribution in [3.8, 4) is 33.4 Å². The molecule has 0 amide bonds. The van der Waals surface area contributed by atoms with Gasteiger partial charge < -0.3 is 23.9 Å². The number of pyridine rings is 3. The van der Waals surface area contributed by atoms with E-state index < -0.39 is 19.7 Å². The maximum Gasteiger partial charge on any atom is 0.192 e. The van der Waals surface area contributed by atoms with Gasteiger partial charge in [0.2, 0.25) is 0 Å². The van der Waals surface area contributed by atoms with Gasteiger partial charge in [-0.2, -0.15) is 0 Å². The van der Waals surface area contributed by atoms with Crippen molar-refractivity contribution in [3.63, 3.8) is 0 Å². The molecule has 1 N–H and O–H groups in total. The van der Waals surface area contributed by atoms with Gasteiger partial charge in [-0.05, 0) is 142 Å². The SMILES string of the molecule is Cn1ccc2ccc(-c3cc(Cl)cc4nccnc34)cc21.Cn1ccc2ccc(-c3cc(N(Cc4cccnc4)c4ccnc(S(C)(=O)=O)c4)cc4nccnc34)cc21.Cn1ccc2ccc(-c3cc(Nc4ccnc(S(C)(=O)=O)c4)cc4nccnc34)cc21. The second-order valence-corrected chi connectivity index (χ2v) is 26.1. The van der Waals surface area contributed by atoms with E-state index in [0.717, 1.165) is 112 Å². The molecule has 0 bridgehead atoms. The Morgan fingerprint density at radius 3 is 1.43 bits per heavy atom. The highest BCUT2D eigenvalue weighted by Gasteiger charge is 2.20. The van der Waals surface area contributed by atoms with Crippen LogP contribution in [-0.4, -0.2) is 87.9 Å². The molecule has 18 nitrogen and oxygen atoms in total. The largest absolute Gasteiger partial charge is 0.355 e. The molecule has 0 fully saturated rings. The van der Waals surface area contributed by atoms with Crippen LogP contribution in [0.3, 0.4) is 0 Å². The normalized spacial score (nSPS) is 11.7. The van der Waals surface area contributed by atoms with Crippen molar-refractivity contribution >= 4 is 120 Å². The van der Waals surface area contributed by atoms with Crippen LogP contribution in [0.15, 0.2) is 236 Å². The van der Waals surface area contributed by atoms with E-state index in [1.54, 1.807) is 61.7 Å². The standard InChI is InChI=1S/C29H24N6O2S.C23H19N5O2S.C17H12ClN3/c1-34-13-8-21-5-6-22(14-27(21)34)25-15-24(16-26-29(25)33-12-11-31-26)35(19-20-4-3-9-30-18-20)23-7-10-32-28(17-23)38(2,36)37;1-28-10-6-15-3-4-16(11-21(15)28)19-12-18(13-20-23(19)26-9-8-24-20)27-17-5-7-25-22(14-17)31(2,29)30;1-21-7-4-11-2-3-12(8-16(11)21)14-9-13(18)10-15-17(14)20-6-5-19-15/h3-18H,19H2,1-2H3;3-14H,1-2H3,(H,25,27);2-10H,1H3. The van der Waals surface area contributed by atoms with Crippen LogP contribution in [0.25, 0.3) is 99.2 Å². The van der Waals surface area contributed by atoms with Crippen molar-refractivity contribution in [1.82, 2.24) is 58.6 Å². The number of nitrogens with zero attached hydrogens (tertiary/aromatic N) is 13. The summed E-state index contributed by atoms with van der Waals surface area (Å²) in [6.07, 6.45) is 25.1. The topological polar surface area (TPSA) is 214 Å². The van der Waals surface area contributed by atoms with Crippen molar-refractivity contribution in [1.29, 1.82) is 0 Å². The lowest BCUT2D eigenvalue weighted by atomic mass is 10.0. The van der Waals surface area contributed by atoms with Crippen molar-refractivity contribution in [2.45, 2.75) is 16.6 Å². The molecule has 0 saturated carbocycles. The Morgan fingerprint density at radius 1 is 0.433 bits per heavy atom. The number of hydrogen-bond donors (Lipinski definition) is 1. The minimum Gasteiger partial charge on any atom is -0.355 e. The minimum atomic E-state index is -3.49. The monoisotopic (exact) mass is 1240 g/mol. The molecule has 0 spiro atoms.